The fourth-order valence-electron chi connectivity index (χ4n) is 3.75. The molecule has 1 N–H and O–H groups in total. The molecule has 0 spiro atoms. The molecule has 0 radical (unpaired) electrons. The Morgan fingerprint density at radius 2 is 1.88 bits per heavy atom. The first-order valence-electron chi connectivity index (χ1n) is 9.37. The molecule has 3 fully saturated rings. The van der Waals surface area contributed by atoms with Crippen LogP contribution in [0.4, 0.5) is 0 Å². The van der Waals surface area contributed by atoms with Crippen LogP contribution < -0.4 is 5.32 Å². The summed E-state index contributed by atoms with van der Waals surface area (Å²) in [5, 5.41) is 3.03. The molecule has 6 heteroatoms. The Morgan fingerprint density at radius 1 is 1.08 bits per heavy atom. The minimum absolute atomic E-state index is 0.0576. The molecule has 3 aliphatic rings. The van der Waals surface area contributed by atoms with Gasteiger partial charge in [0.1, 0.15) is 5.92 Å². The summed E-state index contributed by atoms with van der Waals surface area (Å²) in [7, 11) is 1.78. The fraction of sp³-hybridized carbons (Fsp3) is 0.833. The van der Waals surface area contributed by atoms with Crippen LogP contribution in [-0.2, 0) is 14.4 Å². The van der Waals surface area contributed by atoms with Crippen molar-refractivity contribution in [2.75, 3.05) is 33.2 Å². The molecule has 1 saturated carbocycles. The van der Waals surface area contributed by atoms with E-state index in [0.717, 1.165) is 38.8 Å². The number of rotatable bonds is 4. The number of amides is 3. The summed E-state index contributed by atoms with van der Waals surface area (Å²) < 4.78 is 0. The molecular weight excluding hydrogens is 306 g/mol. The number of hydrogen-bond donors (Lipinski definition) is 1. The van der Waals surface area contributed by atoms with Crippen molar-refractivity contribution < 1.29 is 14.4 Å². The average Bonchev–Trinajstić information content (AvgIpc) is 3.43. The minimum atomic E-state index is -0.550. The molecule has 2 aliphatic heterocycles. The van der Waals surface area contributed by atoms with Crippen molar-refractivity contribution in [2.45, 2.75) is 44.9 Å². The lowest BCUT2D eigenvalue weighted by molar-refractivity contribution is -0.147. The van der Waals surface area contributed by atoms with Crippen LogP contribution in [0.2, 0.25) is 0 Å². The third-order valence-electron chi connectivity index (χ3n) is 5.57. The van der Waals surface area contributed by atoms with Gasteiger partial charge in [0.15, 0.2) is 0 Å². The van der Waals surface area contributed by atoms with Gasteiger partial charge in [-0.25, -0.2) is 0 Å². The SMILES string of the molecule is CN1CCCCC(C(=O)N2CCCC(C(=O)NCC3CC3)C2)C1=O. The van der Waals surface area contributed by atoms with E-state index in [9.17, 15) is 14.4 Å². The van der Waals surface area contributed by atoms with Crippen LogP contribution in [0.3, 0.4) is 0 Å². The van der Waals surface area contributed by atoms with E-state index in [2.05, 4.69) is 5.32 Å². The molecule has 2 unspecified atom stereocenters. The van der Waals surface area contributed by atoms with Crippen LogP contribution in [0, 0.1) is 17.8 Å². The summed E-state index contributed by atoms with van der Waals surface area (Å²) >= 11 is 0. The quantitative estimate of drug-likeness (QED) is 0.780. The van der Waals surface area contributed by atoms with Crippen molar-refractivity contribution >= 4 is 17.7 Å². The van der Waals surface area contributed by atoms with Gasteiger partial charge in [-0.1, -0.05) is 6.42 Å². The zero-order valence-corrected chi connectivity index (χ0v) is 14.6. The maximum Gasteiger partial charge on any atom is 0.235 e. The Labute approximate surface area is 143 Å². The lowest BCUT2D eigenvalue weighted by Gasteiger charge is -2.34. The molecule has 6 nitrogen and oxygen atoms in total. The average molecular weight is 335 g/mol. The van der Waals surface area contributed by atoms with Crippen molar-refractivity contribution in [3.63, 3.8) is 0 Å². The van der Waals surface area contributed by atoms with Gasteiger partial charge in [0.05, 0.1) is 5.92 Å². The molecule has 0 aromatic rings. The van der Waals surface area contributed by atoms with E-state index >= 15 is 0 Å². The zero-order chi connectivity index (χ0) is 17.1. The summed E-state index contributed by atoms with van der Waals surface area (Å²) in [6.45, 7) is 2.63. The first kappa shape index (κ1) is 17.2. The van der Waals surface area contributed by atoms with Gasteiger partial charge in [-0.05, 0) is 44.4 Å². The van der Waals surface area contributed by atoms with Gasteiger partial charge in [-0.3, -0.25) is 14.4 Å². The Hall–Kier alpha value is -1.59. The van der Waals surface area contributed by atoms with Gasteiger partial charge in [-0.2, -0.15) is 0 Å². The summed E-state index contributed by atoms with van der Waals surface area (Å²) in [6, 6.07) is 0. The van der Waals surface area contributed by atoms with Crippen molar-refractivity contribution in [3.8, 4) is 0 Å². The monoisotopic (exact) mass is 335 g/mol. The summed E-state index contributed by atoms with van der Waals surface area (Å²) in [4.78, 5) is 41.0. The minimum Gasteiger partial charge on any atom is -0.356 e. The second-order valence-corrected chi connectivity index (χ2v) is 7.62. The smallest absolute Gasteiger partial charge is 0.235 e. The summed E-state index contributed by atoms with van der Waals surface area (Å²) in [6.07, 6.45) is 6.60. The highest BCUT2D eigenvalue weighted by Crippen LogP contribution is 2.28. The predicted octanol–water partition coefficient (Wildman–Crippen LogP) is 1.01. The predicted molar refractivity (Wildman–Crippen MR) is 90.0 cm³/mol. The standard InChI is InChI=1S/C18H29N3O3/c1-20-9-3-2-6-15(17(20)23)18(24)21-10-4-5-14(12-21)16(22)19-11-13-7-8-13/h13-15H,2-12H2,1H3,(H,19,22). The van der Waals surface area contributed by atoms with E-state index in [1.807, 2.05) is 0 Å². The first-order valence-corrected chi connectivity index (χ1v) is 9.37. The van der Waals surface area contributed by atoms with Crippen molar-refractivity contribution in [1.82, 2.24) is 15.1 Å². The third kappa shape index (κ3) is 4.08. The number of hydrogen-bond acceptors (Lipinski definition) is 3. The molecule has 2 atom stereocenters. The Kier molecular flexibility index (Phi) is 5.41. The molecule has 24 heavy (non-hydrogen) atoms. The van der Waals surface area contributed by atoms with Crippen LogP contribution in [0.15, 0.2) is 0 Å². The van der Waals surface area contributed by atoms with Crippen molar-refractivity contribution in [3.05, 3.63) is 0 Å². The van der Waals surface area contributed by atoms with Crippen LogP contribution in [0.25, 0.3) is 0 Å². The van der Waals surface area contributed by atoms with Gasteiger partial charge in [0.2, 0.25) is 17.7 Å². The largest absolute Gasteiger partial charge is 0.356 e. The van der Waals surface area contributed by atoms with E-state index in [0.29, 0.717) is 25.4 Å². The van der Waals surface area contributed by atoms with E-state index in [4.69, 9.17) is 0 Å². The maximum absolute atomic E-state index is 12.9. The lowest BCUT2D eigenvalue weighted by Crippen LogP contribution is -2.49. The van der Waals surface area contributed by atoms with E-state index < -0.39 is 5.92 Å². The first-order chi connectivity index (χ1) is 11.6. The second-order valence-electron chi connectivity index (χ2n) is 7.62. The highest BCUT2D eigenvalue weighted by atomic mass is 16.2. The molecule has 2 saturated heterocycles. The van der Waals surface area contributed by atoms with E-state index in [-0.39, 0.29) is 23.6 Å². The Balaban J connectivity index is 1.57. The molecule has 3 amide bonds. The molecule has 0 bridgehead atoms. The molecule has 3 rings (SSSR count). The summed E-state index contributed by atoms with van der Waals surface area (Å²) in [5.41, 5.74) is 0. The number of carbonyl (C=O) groups excluding carboxylic acids is 3. The second kappa shape index (κ2) is 7.53. The van der Waals surface area contributed by atoms with Crippen LogP contribution in [0.1, 0.15) is 44.9 Å². The molecule has 134 valence electrons. The van der Waals surface area contributed by atoms with E-state index in [1.165, 1.54) is 12.8 Å². The van der Waals surface area contributed by atoms with Gasteiger partial charge < -0.3 is 15.1 Å². The van der Waals surface area contributed by atoms with Crippen LogP contribution in [-0.4, -0.2) is 60.7 Å². The number of likely N-dealkylation sites (tertiary alicyclic amines) is 2. The molecular formula is C18H29N3O3. The fourth-order valence-corrected chi connectivity index (χ4v) is 3.75. The van der Waals surface area contributed by atoms with Crippen molar-refractivity contribution in [1.29, 1.82) is 0 Å². The van der Waals surface area contributed by atoms with Gasteiger partial charge in [-0.15, -0.1) is 0 Å². The van der Waals surface area contributed by atoms with Crippen LogP contribution >= 0.6 is 0 Å². The number of carbonyl (C=O) groups is 3. The van der Waals surface area contributed by atoms with Crippen LogP contribution in [0.5, 0.6) is 0 Å². The normalized spacial score (nSPS) is 28.5. The third-order valence-corrected chi connectivity index (χ3v) is 5.57. The Bertz CT molecular complexity index is 504. The van der Waals surface area contributed by atoms with Gasteiger partial charge >= 0.3 is 0 Å². The summed E-state index contributed by atoms with van der Waals surface area (Å²) in [5.74, 6) is -0.0739. The van der Waals surface area contributed by atoms with Gasteiger partial charge in [0, 0.05) is 33.2 Å². The number of nitrogens with one attached hydrogen (secondary N) is 1. The van der Waals surface area contributed by atoms with E-state index in [1.54, 1.807) is 16.8 Å². The highest BCUT2D eigenvalue weighted by Gasteiger charge is 2.37. The number of nitrogens with zero attached hydrogens (tertiary/aromatic N) is 2. The lowest BCUT2D eigenvalue weighted by atomic mass is 9.94. The topological polar surface area (TPSA) is 69.7 Å². The molecule has 2 heterocycles. The molecule has 0 aromatic carbocycles. The van der Waals surface area contributed by atoms with Crippen molar-refractivity contribution in [2.24, 2.45) is 17.8 Å². The van der Waals surface area contributed by atoms with Gasteiger partial charge in [0.25, 0.3) is 0 Å². The highest BCUT2D eigenvalue weighted by molar-refractivity contribution is 6.00. The maximum atomic E-state index is 12.9. The molecule has 1 aliphatic carbocycles. The molecule has 0 aromatic heterocycles. The number of piperidine rings is 1. The zero-order valence-electron chi connectivity index (χ0n) is 14.6. The Morgan fingerprint density at radius 3 is 2.62 bits per heavy atom.